The zero-order valence-electron chi connectivity index (χ0n) is 15.0. The van der Waals surface area contributed by atoms with Gasteiger partial charge >= 0.3 is 0 Å². The van der Waals surface area contributed by atoms with Gasteiger partial charge < -0.3 is 11.5 Å². The summed E-state index contributed by atoms with van der Waals surface area (Å²) in [6, 6.07) is 11.0. The number of fused-ring (bicyclic) bond motifs is 1. The second kappa shape index (κ2) is 9.05. The molecule has 1 aromatic heterocycles. The van der Waals surface area contributed by atoms with Crippen molar-refractivity contribution in [3.63, 3.8) is 0 Å². The number of nitrogen functional groups attached to an aromatic ring is 2. The molecule has 5 N–H and O–H groups in total. The lowest BCUT2D eigenvalue weighted by molar-refractivity contribution is 0.883. The molecule has 6 nitrogen and oxygen atoms in total. The number of nitrogens with zero attached hydrogens (tertiary/aromatic N) is 3. The van der Waals surface area contributed by atoms with Gasteiger partial charge in [0.05, 0.1) is 27.6 Å². The Hall–Kier alpha value is -2.25. The standard InChI is InChI=1S/C19H16Cl2N6.2ClH/c20-14-6-4-10(8-15(14)21)17-9-27(19(24)25-17)26-16-7-5-11-12(16)2-1-3-13(11)18(22)23;;/h1-4,6,8-9H,5,7H2,(H3,22,23)(H2,24,25);2*1H/b26-16+;;. The monoisotopic (exact) mass is 470 g/mol. The van der Waals surface area contributed by atoms with Crippen LogP contribution in [0.3, 0.4) is 0 Å². The van der Waals surface area contributed by atoms with E-state index in [1.54, 1.807) is 23.0 Å². The summed E-state index contributed by atoms with van der Waals surface area (Å²) >= 11 is 12.1. The van der Waals surface area contributed by atoms with Crippen molar-refractivity contribution in [3.05, 3.63) is 69.3 Å². The Balaban J connectivity index is 0.00000150. The summed E-state index contributed by atoms with van der Waals surface area (Å²) in [5.74, 6) is 0.344. The molecule has 29 heavy (non-hydrogen) atoms. The highest BCUT2D eigenvalue weighted by molar-refractivity contribution is 6.42. The predicted molar refractivity (Wildman–Crippen MR) is 124 cm³/mol. The van der Waals surface area contributed by atoms with Crippen LogP contribution in [0.5, 0.6) is 0 Å². The summed E-state index contributed by atoms with van der Waals surface area (Å²) in [5, 5.41) is 13.3. The third-order valence-electron chi connectivity index (χ3n) is 4.55. The maximum absolute atomic E-state index is 7.74. The molecule has 0 saturated carbocycles. The van der Waals surface area contributed by atoms with Crippen LogP contribution in [0.25, 0.3) is 11.3 Å². The first-order chi connectivity index (χ1) is 12.9. The van der Waals surface area contributed by atoms with Crippen LogP contribution in [0.4, 0.5) is 5.95 Å². The fourth-order valence-corrected chi connectivity index (χ4v) is 3.55. The number of amidine groups is 1. The van der Waals surface area contributed by atoms with E-state index in [9.17, 15) is 0 Å². The molecule has 0 aliphatic heterocycles. The van der Waals surface area contributed by atoms with Crippen LogP contribution in [-0.2, 0) is 6.42 Å². The molecule has 1 aliphatic rings. The fourth-order valence-electron chi connectivity index (χ4n) is 3.25. The van der Waals surface area contributed by atoms with Crippen molar-refractivity contribution in [3.8, 4) is 11.3 Å². The Kier molecular flexibility index (Phi) is 7.19. The number of imidazole rings is 1. The van der Waals surface area contributed by atoms with E-state index in [1.165, 1.54) is 0 Å². The summed E-state index contributed by atoms with van der Waals surface area (Å²) in [7, 11) is 0. The predicted octanol–water partition coefficient (Wildman–Crippen LogP) is 4.77. The van der Waals surface area contributed by atoms with Crippen molar-refractivity contribution in [2.75, 3.05) is 5.73 Å². The number of halogens is 4. The molecule has 0 atom stereocenters. The maximum atomic E-state index is 7.74. The molecule has 4 rings (SSSR count). The van der Waals surface area contributed by atoms with Gasteiger partial charge in [-0.1, -0.05) is 47.5 Å². The lowest BCUT2D eigenvalue weighted by atomic mass is 10.0. The number of benzene rings is 2. The summed E-state index contributed by atoms with van der Waals surface area (Å²) < 4.78 is 1.56. The Morgan fingerprint density at radius 3 is 2.55 bits per heavy atom. The number of hydrogen-bond acceptors (Lipinski definition) is 4. The third-order valence-corrected chi connectivity index (χ3v) is 5.29. The van der Waals surface area contributed by atoms with Gasteiger partial charge in [0.25, 0.3) is 0 Å². The smallest absolute Gasteiger partial charge is 0.221 e. The Bertz CT molecular complexity index is 1110. The number of nitrogens with one attached hydrogen (secondary N) is 1. The van der Waals surface area contributed by atoms with E-state index >= 15 is 0 Å². The molecule has 0 radical (unpaired) electrons. The number of rotatable bonds is 3. The van der Waals surface area contributed by atoms with Crippen LogP contribution < -0.4 is 11.5 Å². The quantitative estimate of drug-likeness (QED) is 0.378. The van der Waals surface area contributed by atoms with Gasteiger partial charge in [-0.3, -0.25) is 5.41 Å². The van der Waals surface area contributed by atoms with Crippen LogP contribution >= 0.6 is 48.0 Å². The summed E-state index contributed by atoms with van der Waals surface area (Å²) in [6.45, 7) is 0. The third kappa shape index (κ3) is 4.36. The maximum Gasteiger partial charge on any atom is 0.221 e. The van der Waals surface area contributed by atoms with E-state index in [2.05, 4.69) is 10.1 Å². The Morgan fingerprint density at radius 1 is 1.10 bits per heavy atom. The zero-order chi connectivity index (χ0) is 19.1. The highest BCUT2D eigenvalue weighted by Gasteiger charge is 2.22. The number of anilines is 1. The summed E-state index contributed by atoms with van der Waals surface area (Å²) in [5.41, 5.74) is 16.9. The van der Waals surface area contributed by atoms with Crippen molar-refractivity contribution in [1.82, 2.24) is 9.66 Å². The van der Waals surface area contributed by atoms with Crippen molar-refractivity contribution in [2.24, 2.45) is 10.8 Å². The van der Waals surface area contributed by atoms with Gasteiger partial charge in [0.2, 0.25) is 5.95 Å². The highest BCUT2D eigenvalue weighted by atomic mass is 35.5. The van der Waals surface area contributed by atoms with Crippen LogP contribution in [0, 0.1) is 5.41 Å². The molecule has 0 spiro atoms. The van der Waals surface area contributed by atoms with Crippen LogP contribution in [0.15, 0.2) is 47.7 Å². The molecule has 3 aromatic rings. The molecule has 2 aromatic carbocycles. The summed E-state index contributed by atoms with van der Waals surface area (Å²) in [4.78, 5) is 4.37. The van der Waals surface area contributed by atoms with E-state index in [-0.39, 0.29) is 36.6 Å². The first kappa shape index (κ1) is 23.0. The van der Waals surface area contributed by atoms with E-state index in [0.717, 1.165) is 40.8 Å². The van der Waals surface area contributed by atoms with Crippen molar-refractivity contribution >= 4 is 65.5 Å². The average molecular weight is 472 g/mol. The lowest BCUT2D eigenvalue weighted by Gasteiger charge is -2.06. The molecule has 0 unspecified atom stereocenters. The van der Waals surface area contributed by atoms with Crippen molar-refractivity contribution in [2.45, 2.75) is 12.8 Å². The van der Waals surface area contributed by atoms with E-state index < -0.39 is 0 Å². The Morgan fingerprint density at radius 2 is 1.86 bits per heavy atom. The minimum absolute atomic E-state index is 0. The summed E-state index contributed by atoms with van der Waals surface area (Å²) in [6.07, 6.45) is 3.30. The molecule has 0 bridgehead atoms. The molecule has 152 valence electrons. The molecule has 0 fully saturated rings. The molecule has 10 heteroatoms. The normalized spacial score (nSPS) is 13.5. The first-order valence-electron chi connectivity index (χ1n) is 8.29. The SMILES string of the molecule is Cl.Cl.N=C(N)c1cccc2c1CC/C2=N\n1cc(-c2ccc(Cl)c(Cl)c2)nc1N. The molecule has 0 saturated heterocycles. The van der Waals surface area contributed by atoms with E-state index in [4.69, 9.17) is 40.1 Å². The van der Waals surface area contributed by atoms with Crippen LogP contribution in [0.2, 0.25) is 10.0 Å². The van der Waals surface area contributed by atoms with Gasteiger partial charge in [-0.2, -0.15) is 5.10 Å². The fraction of sp³-hybridized carbons (Fsp3) is 0.105. The van der Waals surface area contributed by atoms with Gasteiger partial charge in [-0.15, -0.1) is 24.8 Å². The zero-order valence-corrected chi connectivity index (χ0v) is 18.2. The minimum atomic E-state index is 0. The highest BCUT2D eigenvalue weighted by Crippen LogP contribution is 2.30. The largest absolute Gasteiger partial charge is 0.384 e. The topological polar surface area (TPSA) is 106 Å². The van der Waals surface area contributed by atoms with E-state index in [1.807, 2.05) is 24.3 Å². The average Bonchev–Trinajstić information content (AvgIpc) is 3.21. The first-order valence-corrected chi connectivity index (χ1v) is 9.04. The second-order valence-corrected chi connectivity index (χ2v) is 7.06. The van der Waals surface area contributed by atoms with Crippen LogP contribution in [0.1, 0.15) is 23.1 Å². The van der Waals surface area contributed by atoms with Gasteiger partial charge in [0.15, 0.2) is 0 Å². The Labute approximate surface area is 190 Å². The van der Waals surface area contributed by atoms with Gasteiger partial charge in [0.1, 0.15) is 5.84 Å². The number of nitrogens with two attached hydrogens (primary N) is 2. The molecule has 0 amide bonds. The molecule has 1 aliphatic carbocycles. The van der Waals surface area contributed by atoms with E-state index in [0.29, 0.717) is 15.7 Å². The lowest BCUT2D eigenvalue weighted by Crippen LogP contribution is -2.13. The van der Waals surface area contributed by atoms with Crippen LogP contribution in [-0.4, -0.2) is 21.2 Å². The molecular formula is C19H18Cl4N6. The second-order valence-electron chi connectivity index (χ2n) is 6.25. The van der Waals surface area contributed by atoms with Crippen molar-refractivity contribution < 1.29 is 0 Å². The van der Waals surface area contributed by atoms with Gasteiger partial charge in [-0.05, 0) is 30.5 Å². The van der Waals surface area contributed by atoms with Crippen molar-refractivity contribution in [1.29, 1.82) is 5.41 Å². The van der Waals surface area contributed by atoms with Gasteiger partial charge in [0, 0.05) is 16.7 Å². The van der Waals surface area contributed by atoms with Gasteiger partial charge in [-0.25, -0.2) is 9.66 Å². The number of aromatic nitrogens is 2. The molecular weight excluding hydrogens is 454 g/mol. The minimum Gasteiger partial charge on any atom is -0.384 e. The molecule has 1 heterocycles. The number of hydrogen-bond donors (Lipinski definition) is 3.